The van der Waals surface area contributed by atoms with Crippen molar-refractivity contribution in [3.63, 3.8) is 0 Å². The molecule has 21 heavy (non-hydrogen) atoms. The number of rotatable bonds is 6. The van der Waals surface area contributed by atoms with Crippen molar-refractivity contribution in [2.75, 3.05) is 0 Å². The molecule has 1 aromatic rings. The van der Waals surface area contributed by atoms with Crippen LogP contribution in [0.1, 0.15) is 78.9 Å². The van der Waals surface area contributed by atoms with Gasteiger partial charge in [0.2, 0.25) is 0 Å². The second kappa shape index (κ2) is 15.4. The van der Waals surface area contributed by atoms with Gasteiger partial charge >= 0.3 is 0 Å². The van der Waals surface area contributed by atoms with Gasteiger partial charge in [-0.3, -0.25) is 0 Å². The van der Waals surface area contributed by atoms with E-state index in [-0.39, 0.29) is 0 Å². The molecule has 1 rings (SSSR count). The topological polar surface area (TPSA) is 0 Å². The van der Waals surface area contributed by atoms with Gasteiger partial charge in [-0.25, -0.2) is 0 Å². The largest absolute Gasteiger partial charge is 0.0859 e. The summed E-state index contributed by atoms with van der Waals surface area (Å²) in [6, 6.07) is 8.95. The Bertz CT molecular complexity index is 339. The van der Waals surface area contributed by atoms with E-state index in [2.05, 4.69) is 58.0 Å². The predicted molar refractivity (Wildman–Crippen MR) is 100 cm³/mol. The molecule has 0 spiro atoms. The molecule has 1 atom stereocenters. The van der Waals surface area contributed by atoms with Crippen LogP contribution in [0.5, 0.6) is 0 Å². The molecule has 0 aliphatic carbocycles. The second-order valence-corrected chi connectivity index (χ2v) is 5.49. The van der Waals surface area contributed by atoms with Crippen LogP contribution in [-0.4, -0.2) is 0 Å². The molecular formula is C21H38. The first-order valence-electron chi connectivity index (χ1n) is 8.77. The van der Waals surface area contributed by atoms with E-state index in [9.17, 15) is 0 Å². The highest BCUT2D eigenvalue weighted by molar-refractivity contribution is 5.21. The predicted octanol–water partition coefficient (Wildman–Crippen LogP) is 7.36. The smallest absolute Gasteiger partial charge is 0.0276 e. The third kappa shape index (κ3) is 13.7. The molecule has 1 unspecified atom stereocenters. The van der Waals surface area contributed by atoms with E-state index in [1.807, 2.05) is 27.7 Å². The Morgan fingerprint density at radius 2 is 1.48 bits per heavy atom. The van der Waals surface area contributed by atoms with Crippen molar-refractivity contribution in [1.82, 2.24) is 0 Å². The summed E-state index contributed by atoms with van der Waals surface area (Å²) >= 11 is 0. The van der Waals surface area contributed by atoms with Crippen LogP contribution < -0.4 is 0 Å². The van der Waals surface area contributed by atoms with Gasteiger partial charge in [0.05, 0.1) is 0 Å². The van der Waals surface area contributed by atoms with Crippen molar-refractivity contribution >= 4 is 0 Å². The van der Waals surface area contributed by atoms with E-state index in [4.69, 9.17) is 0 Å². The quantitative estimate of drug-likeness (QED) is 0.480. The average molecular weight is 291 g/mol. The van der Waals surface area contributed by atoms with Gasteiger partial charge in [-0.1, -0.05) is 76.1 Å². The number of hydrogen-bond donors (Lipinski definition) is 0. The van der Waals surface area contributed by atoms with Crippen LogP contribution in [0, 0.1) is 12.8 Å². The van der Waals surface area contributed by atoms with Crippen LogP contribution in [-0.2, 0) is 6.42 Å². The Morgan fingerprint density at radius 1 is 0.952 bits per heavy atom. The number of allylic oxidation sites excluding steroid dienone is 2. The molecule has 0 heteroatoms. The maximum atomic E-state index is 2.37. The molecular weight excluding hydrogens is 252 g/mol. The van der Waals surface area contributed by atoms with Crippen molar-refractivity contribution in [3.8, 4) is 0 Å². The summed E-state index contributed by atoms with van der Waals surface area (Å²) in [5.41, 5.74) is 4.27. The van der Waals surface area contributed by atoms with E-state index in [1.165, 1.54) is 42.4 Å². The van der Waals surface area contributed by atoms with Crippen molar-refractivity contribution < 1.29 is 0 Å². The summed E-state index contributed by atoms with van der Waals surface area (Å²) < 4.78 is 0. The lowest BCUT2D eigenvalue weighted by atomic mass is 9.96. The van der Waals surface area contributed by atoms with Crippen molar-refractivity contribution in [1.29, 1.82) is 0 Å². The molecule has 0 saturated carbocycles. The highest BCUT2D eigenvalue weighted by atomic mass is 14.1. The lowest BCUT2D eigenvalue weighted by Crippen LogP contribution is -1.97. The van der Waals surface area contributed by atoms with Gasteiger partial charge < -0.3 is 0 Å². The summed E-state index contributed by atoms with van der Waals surface area (Å²) in [5.74, 6) is 0.826. The van der Waals surface area contributed by atoms with Gasteiger partial charge in [0.15, 0.2) is 0 Å². The molecule has 0 aromatic heterocycles. The molecule has 0 saturated heterocycles. The summed E-state index contributed by atoms with van der Waals surface area (Å²) in [6.07, 6.45) is 7.42. The van der Waals surface area contributed by atoms with Gasteiger partial charge in [-0.05, 0) is 57.9 Å². The van der Waals surface area contributed by atoms with E-state index >= 15 is 0 Å². The molecule has 0 N–H and O–H groups in total. The minimum absolute atomic E-state index is 0.826. The van der Waals surface area contributed by atoms with E-state index in [1.54, 1.807) is 0 Å². The summed E-state index contributed by atoms with van der Waals surface area (Å²) in [4.78, 5) is 0. The molecule has 0 nitrogen and oxygen atoms in total. The fourth-order valence-corrected chi connectivity index (χ4v) is 1.97. The normalized spacial score (nSPS) is 10.5. The van der Waals surface area contributed by atoms with Crippen LogP contribution in [0.25, 0.3) is 0 Å². The van der Waals surface area contributed by atoms with Gasteiger partial charge in [0.1, 0.15) is 0 Å². The van der Waals surface area contributed by atoms with Gasteiger partial charge in [-0.15, -0.1) is 0 Å². The molecule has 0 heterocycles. The zero-order valence-electron chi connectivity index (χ0n) is 15.8. The molecule has 0 aliphatic rings. The molecule has 1 aromatic carbocycles. The summed E-state index contributed by atoms with van der Waals surface area (Å²) in [7, 11) is 0. The van der Waals surface area contributed by atoms with E-state index < -0.39 is 0 Å². The fourth-order valence-electron chi connectivity index (χ4n) is 1.97. The first-order valence-corrected chi connectivity index (χ1v) is 8.77. The summed E-state index contributed by atoms with van der Waals surface area (Å²) in [6.45, 7) is 16.9. The third-order valence-electron chi connectivity index (χ3n) is 3.26. The zero-order valence-corrected chi connectivity index (χ0v) is 15.8. The Balaban J connectivity index is 0. The van der Waals surface area contributed by atoms with Crippen LogP contribution in [0.2, 0.25) is 0 Å². The molecule has 0 bridgehead atoms. The highest BCUT2D eigenvalue weighted by Gasteiger charge is 2.02. The number of hydrogen-bond acceptors (Lipinski definition) is 0. The van der Waals surface area contributed by atoms with Crippen LogP contribution in [0.15, 0.2) is 35.9 Å². The maximum absolute atomic E-state index is 2.37. The second-order valence-electron chi connectivity index (χ2n) is 5.49. The lowest BCUT2D eigenvalue weighted by molar-refractivity contribution is 0.497. The van der Waals surface area contributed by atoms with Crippen LogP contribution in [0.4, 0.5) is 0 Å². The average Bonchev–Trinajstić information content (AvgIpc) is 2.50. The minimum Gasteiger partial charge on any atom is -0.0859 e. The van der Waals surface area contributed by atoms with Crippen molar-refractivity contribution in [2.24, 2.45) is 5.92 Å². The van der Waals surface area contributed by atoms with Crippen LogP contribution >= 0.6 is 0 Å². The first kappa shape index (κ1) is 22.2. The highest BCUT2D eigenvalue weighted by Crippen LogP contribution is 2.15. The molecule has 0 radical (unpaired) electrons. The third-order valence-corrected chi connectivity index (χ3v) is 3.26. The maximum Gasteiger partial charge on any atom is -0.0276 e. The zero-order chi connectivity index (χ0) is 16.7. The SMILES string of the molecule is CC.CC.CC(C)=CCCC(C)CCc1ccc(C)cc1. The van der Waals surface area contributed by atoms with Crippen molar-refractivity contribution in [2.45, 2.75) is 81.1 Å². The van der Waals surface area contributed by atoms with Gasteiger partial charge in [-0.2, -0.15) is 0 Å². The Labute approximate surface area is 134 Å². The van der Waals surface area contributed by atoms with Crippen molar-refractivity contribution in [3.05, 3.63) is 47.0 Å². The molecule has 0 aliphatic heterocycles. The van der Waals surface area contributed by atoms with E-state index in [0.29, 0.717) is 0 Å². The van der Waals surface area contributed by atoms with Gasteiger partial charge in [0.25, 0.3) is 0 Å². The minimum atomic E-state index is 0.826. The Hall–Kier alpha value is -1.04. The first-order chi connectivity index (χ1) is 10.1. The number of benzene rings is 1. The molecule has 122 valence electrons. The standard InChI is InChI=1S/C17H26.2C2H6/c1-14(2)6-5-7-15(3)8-11-17-12-9-16(4)10-13-17;2*1-2/h6,9-10,12-13,15H,5,7-8,11H2,1-4H3;2*1-2H3. The fraction of sp³-hybridized carbons (Fsp3) is 0.619. The number of aryl methyl sites for hydroxylation is 2. The Morgan fingerprint density at radius 3 is 1.95 bits per heavy atom. The Kier molecular flexibility index (Phi) is 16.3. The molecule has 0 fully saturated rings. The van der Waals surface area contributed by atoms with Crippen LogP contribution in [0.3, 0.4) is 0 Å². The van der Waals surface area contributed by atoms with E-state index in [0.717, 1.165) is 5.92 Å². The van der Waals surface area contributed by atoms with Gasteiger partial charge in [0, 0.05) is 0 Å². The molecule has 0 amide bonds. The lowest BCUT2D eigenvalue weighted by Gasteiger charge is -2.10. The monoisotopic (exact) mass is 290 g/mol. The summed E-state index contributed by atoms with van der Waals surface area (Å²) in [5, 5.41) is 0.